The van der Waals surface area contributed by atoms with Gasteiger partial charge in [-0.15, -0.1) is 0 Å². The summed E-state index contributed by atoms with van der Waals surface area (Å²) in [6.07, 6.45) is 14.0. The summed E-state index contributed by atoms with van der Waals surface area (Å²) < 4.78 is 0. The lowest BCUT2D eigenvalue weighted by atomic mass is 9.77. The molecule has 0 aliphatic rings. The van der Waals surface area contributed by atoms with Crippen LogP contribution in [0.5, 0.6) is 0 Å². The minimum atomic E-state index is 0.101. The Hall–Kier alpha value is -1.11. The predicted molar refractivity (Wildman–Crippen MR) is 104 cm³/mol. The second kappa shape index (κ2) is 9.90. The van der Waals surface area contributed by atoms with Gasteiger partial charge in [-0.3, -0.25) is 0 Å². The fourth-order valence-electron chi connectivity index (χ4n) is 3.11. The standard InChI is InChI=1S/C22H38O/c1-9-13-22(8,14-11-18(3)4)16-19(5)12-15-21(7,10-2)17-20(6)23/h9,11-13H,10,14-17H2,1-8H3. The Kier molecular flexibility index (Phi) is 9.42. The van der Waals surface area contributed by atoms with Crippen molar-refractivity contribution in [1.29, 1.82) is 0 Å². The molecule has 1 nitrogen and oxygen atoms in total. The van der Waals surface area contributed by atoms with Crippen molar-refractivity contribution in [2.45, 2.75) is 87.5 Å². The molecule has 0 saturated heterocycles. The Balaban J connectivity index is 5.01. The minimum Gasteiger partial charge on any atom is -0.300 e. The molecular formula is C22H38O. The molecular weight excluding hydrogens is 280 g/mol. The van der Waals surface area contributed by atoms with Crippen LogP contribution in [0.1, 0.15) is 87.5 Å². The van der Waals surface area contributed by atoms with Crippen molar-refractivity contribution in [3.05, 3.63) is 35.5 Å². The topological polar surface area (TPSA) is 17.1 Å². The summed E-state index contributed by atoms with van der Waals surface area (Å²) in [6, 6.07) is 0. The van der Waals surface area contributed by atoms with E-state index in [0.717, 1.165) is 25.7 Å². The normalized spacial score (nSPS) is 17.7. The van der Waals surface area contributed by atoms with Crippen molar-refractivity contribution in [1.82, 2.24) is 0 Å². The number of rotatable bonds is 10. The molecule has 0 radical (unpaired) electrons. The Morgan fingerprint density at radius 3 is 2.00 bits per heavy atom. The fourth-order valence-corrected chi connectivity index (χ4v) is 3.11. The molecule has 0 bridgehead atoms. The smallest absolute Gasteiger partial charge is 0.130 e. The van der Waals surface area contributed by atoms with Gasteiger partial charge in [0.15, 0.2) is 0 Å². The highest BCUT2D eigenvalue weighted by molar-refractivity contribution is 5.76. The first-order valence-electron chi connectivity index (χ1n) is 8.98. The highest BCUT2D eigenvalue weighted by Gasteiger charge is 2.24. The zero-order chi connectivity index (χ0) is 18.1. The highest BCUT2D eigenvalue weighted by Crippen LogP contribution is 2.35. The molecule has 0 aromatic carbocycles. The van der Waals surface area contributed by atoms with E-state index in [9.17, 15) is 4.79 Å². The van der Waals surface area contributed by atoms with Crippen molar-refractivity contribution in [3.63, 3.8) is 0 Å². The summed E-state index contributed by atoms with van der Waals surface area (Å²) in [6.45, 7) is 17.1. The maximum Gasteiger partial charge on any atom is 0.130 e. The number of hydrogen-bond acceptors (Lipinski definition) is 1. The summed E-state index contributed by atoms with van der Waals surface area (Å²) in [7, 11) is 0. The van der Waals surface area contributed by atoms with Crippen LogP contribution in [-0.2, 0) is 4.79 Å². The largest absolute Gasteiger partial charge is 0.300 e. The second-order valence-corrected chi connectivity index (χ2v) is 8.11. The van der Waals surface area contributed by atoms with Gasteiger partial charge in [-0.05, 0) is 64.7 Å². The van der Waals surface area contributed by atoms with Gasteiger partial charge in [-0.2, -0.15) is 0 Å². The number of carbonyl (C=O) groups is 1. The molecule has 0 saturated carbocycles. The average molecular weight is 319 g/mol. The molecule has 0 amide bonds. The third kappa shape index (κ3) is 9.58. The van der Waals surface area contributed by atoms with Crippen molar-refractivity contribution >= 4 is 5.78 Å². The number of allylic oxidation sites excluding steroid dienone is 6. The quantitative estimate of drug-likeness (QED) is 0.394. The van der Waals surface area contributed by atoms with Crippen LogP contribution in [0, 0.1) is 10.8 Å². The van der Waals surface area contributed by atoms with Crippen LogP contribution in [0.3, 0.4) is 0 Å². The molecule has 0 aromatic rings. The zero-order valence-corrected chi connectivity index (χ0v) is 16.8. The first-order chi connectivity index (χ1) is 10.6. The van der Waals surface area contributed by atoms with E-state index < -0.39 is 0 Å². The molecule has 0 N–H and O–H groups in total. The fraction of sp³-hybridized carbons (Fsp3) is 0.682. The van der Waals surface area contributed by atoms with Crippen molar-refractivity contribution in [2.75, 3.05) is 0 Å². The van der Waals surface area contributed by atoms with Gasteiger partial charge in [0.05, 0.1) is 0 Å². The van der Waals surface area contributed by atoms with Crippen LogP contribution in [0.4, 0.5) is 0 Å². The summed E-state index contributed by atoms with van der Waals surface area (Å²) in [5.41, 5.74) is 3.08. The summed E-state index contributed by atoms with van der Waals surface area (Å²) in [5, 5.41) is 0. The first-order valence-corrected chi connectivity index (χ1v) is 8.98. The van der Waals surface area contributed by atoms with E-state index in [0.29, 0.717) is 12.2 Å². The van der Waals surface area contributed by atoms with Crippen LogP contribution >= 0.6 is 0 Å². The summed E-state index contributed by atoms with van der Waals surface area (Å²) in [5.74, 6) is 0.294. The third-order valence-electron chi connectivity index (χ3n) is 4.70. The van der Waals surface area contributed by atoms with Gasteiger partial charge in [0.25, 0.3) is 0 Å². The lowest BCUT2D eigenvalue weighted by Crippen LogP contribution is -2.18. The lowest BCUT2D eigenvalue weighted by Gasteiger charge is -2.28. The molecule has 0 heterocycles. The molecule has 0 rings (SSSR count). The molecule has 23 heavy (non-hydrogen) atoms. The maximum absolute atomic E-state index is 11.5. The van der Waals surface area contributed by atoms with Crippen LogP contribution in [0.25, 0.3) is 0 Å². The van der Waals surface area contributed by atoms with Crippen molar-refractivity contribution in [2.24, 2.45) is 10.8 Å². The van der Waals surface area contributed by atoms with Crippen molar-refractivity contribution in [3.8, 4) is 0 Å². The summed E-state index contributed by atoms with van der Waals surface area (Å²) >= 11 is 0. The Bertz CT molecular complexity index is 462. The van der Waals surface area contributed by atoms with Crippen molar-refractivity contribution < 1.29 is 4.79 Å². The van der Waals surface area contributed by atoms with Gasteiger partial charge in [-0.1, -0.05) is 62.6 Å². The molecule has 132 valence electrons. The van der Waals surface area contributed by atoms with E-state index in [4.69, 9.17) is 0 Å². The van der Waals surface area contributed by atoms with Gasteiger partial charge in [0.2, 0.25) is 0 Å². The monoisotopic (exact) mass is 318 g/mol. The van der Waals surface area contributed by atoms with Crippen LogP contribution in [0.15, 0.2) is 35.5 Å². The van der Waals surface area contributed by atoms with Gasteiger partial charge in [0, 0.05) is 6.42 Å². The highest BCUT2D eigenvalue weighted by atomic mass is 16.1. The molecule has 1 heteroatoms. The SMILES string of the molecule is CC=CC(C)(CC=C(C)C)CC(C)=CCC(C)(CC)CC(C)=O. The number of ketones is 1. The number of hydrogen-bond donors (Lipinski definition) is 0. The number of carbonyl (C=O) groups excluding carboxylic acids is 1. The number of Topliss-reactive ketones (excluding diaryl/α,β-unsaturated/α-hetero) is 1. The molecule has 2 atom stereocenters. The molecule has 0 fully saturated rings. The Morgan fingerprint density at radius 1 is 0.957 bits per heavy atom. The van der Waals surface area contributed by atoms with E-state index in [1.807, 2.05) is 0 Å². The van der Waals surface area contributed by atoms with E-state index in [2.05, 4.69) is 72.8 Å². The van der Waals surface area contributed by atoms with E-state index >= 15 is 0 Å². The van der Waals surface area contributed by atoms with E-state index in [-0.39, 0.29) is 10.8 Å². The Labute approximate surface area is 144 Å². The van der Waals surface area contributed by atoms with Gasteiger partial charge in [0.1, 0.15) is 5.78 Å². The van der Waals surface area contributed by atoms with Crippen LogP contribution in [0.2, 0.25) is 0 Å². The zero-order valence-electron chi connectivity index (χ0n) is 16.8. The van der Waals surface area contributed by atoms with Gasteiger partial charge < -0.3 is 4.79 Å². The Morgan fingerprint density at radius 2 is 1.57 bits per heavy atom. The van der Waals surface area contributed by atoms with Gasteiger partial charge in [-0.25, -0.2) is 0 Å². The second-order valence-electron chi connectivity index (χ2n) is 8.11. The maximum atomic E-state index is 11.5. The summed E-state index contributed by atoms with van der Waals surface area (Å²) in [4.78, 5) is 11.5. The lowest BCUT2D eigenvalue weighted by molar-refractivity contribution is -0.119. The van der Waals surface area contributed by atoms with Gasteiger partial charge >= 0.3 is 0 Å². The van der Waals surface area contributed by atoms with E-state index in [1.165, 1.54) is 11.1 Å². The molecule has 0 aromatic heterocycles. The van der Waals surface area contributed by atoms with Crippen LogP contribution < -0.4 is 0 Å². The first kappa shape index (κ1) is 21.9. The molecule has 0 spiro atoms. The molecule has 0 aliphatic carbocycles. The molecule has 2 unspecified atom stereocenters. The third-order valence-corrected chi connectivity index (χ3v) is 4.70. The minimum absolute atomic E-state index is 0.101. The predicted octanol–water partition coefficient (Wildman–Crippen LogP) is 7.05. The molecule has 0 aliphatic heterocycles. The average Bonchev–Trinajstić information content (AvgIpc) is 2.43. The van der Waals surface area contributed by atoms with Crippen LogP contribution in [-0.4, -0.2) is 5.78 Å². The van der Waals surface area contributed by atoms with E-state index in [1.54, 1.807) is 6.92 Å².